The number of aromatic nitrogens is 1. The van der Waals surface area contributed by atoms with Crippen molar-refractivity contribution in [1.29, 1.82) is 0 Å². The van der Waals surface area contributed by atoms with Gasteiger partial charge in [-0.25, -0.2) is 4.98 Å². The zero-order chi connectivity index (χ0) is 33.9. The van der Waals surface area contributed by atoms with E-state index in [-0.39, 0.29) is 22.8 Å². The molecule has 1 heterocycles. The summed E-state index contributed by atoms with van der Waals surface area (Å²) in [5, 5.41) is 14.8. The minimum atomic E-state index is -3.64. The van der Waals surface area contributed by atoms with Crippen molar-refractivity contribution in [2.75, 3.05) is 11.1 Å². The van der Waals surface area contributed by atoms with Crippen molar-refractivity contribution in [2.24, 2.45) is 0 Å². The quantitative estimate of drug-likeness (QED) is 0.466. The minimum absolute atomic E-state index is 0.150. The topological polar surface area (TPSA) is 88.2 Å². The molecule has 0 aliphatic heterocycles. The number of rotatable bonds is 9. The van der Waals surface area contributed by atoms with Gasteiger partial charge in [-0.05, 0) is 49.3 Å². The molecular formula is C23H27N3O2S. The van der Waals surface area contributed by atoms with Crippen LogP contribution in [0.1, 0.15) is 68.2 Å². The molecule has 2 aromatic carbocycles. The van der Waals surface area contributed by atoms with Crippen LogP contribution in [0, 0.1) is 6.92 Å². The second-order valence-electron chi connectivity index (χ2n) is 5.66. The molecule has 0 aliphatic carbocycles. The molecule has 0 bridgehead atoms. The predicted octanol–water partition coefficient (Wildman–Crippen LogP) is 4.66. The van der Waals surface area contributed by atoms with Crippen molar-refractivity contribution in [3.8, 4) is 0 Å². The third kappa shape index (κ3) is 6.69. The van der Waals surface area contributed by atoms with Crippen LogP contribution in [-0.2, 0) is 17.6 Å². The molecular weight excluding hydrogens is 382 g/mol. The number of anilines is 2. The van der Waals surface area contributed by atoms with E-state index in [1.54, 1.807) is 0 Å². The van der Waals surface area contributed by atoms with Gasteiger partial charge in [0.25, 0.3) is 0 Å². The number of amides is 1. The van der Waals surface area contributed by atoms with Gasteiger partial charge in [0.1, 0.15) is 0 Å². The Bertz CT molecular complexity index is 1580. The Morgan fingerprint density at radius 2 is 2.03 bits per heavy atom. The Morgan fingerprint density at radius 3 is 2.69 bits per heavy atom. The lowest BCUT2D eigenvalue weighted by molar-refractivity contribution is -0.115. The number of nitrogens with zero attached hydrogens (tertiary/aromatic N) is 1. The first kappa shape index (κ1) is 8.98. The number of nitrogens with one attached hydrogen (secondary N) is 1. The standard InChI is InChI=1S/C23H27N3O2S/c1-16-6-10-18(11-7-16)21(27)5-3-2-4-17-8-12-19(13-9-17)25-22(28)14-20-15-29-23(24)26-20/h6-13,15,21,27H,2-5,14H2,1H3,(H2,24,26)(H,25,28)/t21-/m0/s1/i2D2,4D2,5D2,6D,7D,8D,9D,10D,11D,12D,13D,21D. The zero-order valence-electron chi connectivity index (χ0n) is 30.3. The van der Waals surface area contributed by atoms with E-state index in [2.05, 4.69) is 10.3 Å². The van der Waals surface area contributed by atoms with Crippen LogP contribution in [0.2, 0.25) is 0 Å². The maximum Gasteiger partial charge on any atom is 0.230 e. The second kappa shape index (κ2) is 10.2. The number of hydrogen-bond acceptors (Lipinski definition) is 5. The summed E-state index contributed by atoms with van der Waals surface area (Å²) in [5.41, 5.74) is 2.77. The average molecular weight is 425 g/mol. The monoisotopic (exact) mass is 424 g/mol. The lowest BCUT2D eigenvalue weighted by Crippen LogP contribution is -2.14. The molecule has 5 nitrogen and oxygen atoms in total. The van der Waals surface area contributed by atoms with Gasteiger partial charge in [-0.2, -0.15) is 0 Å². The summed E-state index contributed by atoms with van der Waals surface area (Å²) in [4.78, 5) is 16.4. The fraction of sp³-hybridized carbons (Fsp3) is 0.304. The molecule has 0 aliphatic rings. The van der Waals surface area contributed by atoms with E-state index in [1.807, 2.05) is 0 Å². The van der Waals surface area contributed by atoms with E-state index in [0.717, 1.165) is 11.3 Å². The number of carbonyl (C=O) groups is 1. The van der Waals surface area contributed by atoms with E-state index in [0.29, 0.717) is 0 Å². The highest BCUT2D eigenvalue weighted by Crippen LogP contribution is 2.21. The van der Waals surface area contributed by atoms with Gasteiger partial charge in [0.2, 0.25) is 5.91 Å². The molecule has 3 rings (SSSR count). The van der Waals surface area contributed by atoms with Crippen LogP contribution < -0.4 is 11.1 Å². The van der Waals surface area contributed by atoms with E-state index < -0.39 is 103 Å². The minimum Gasteiger partial charge on any atom is -0.388 e. The molecule has 0 spiro atoms. The highest BCUT2D eigenvalue weighted by molar-refractivity contribution is 7.13. The molecule has 152 valence electrons. The first-order valence-corrected chi connectivity index (χ1v) is 9.19. The summed E-state index contributed by atoms with van der Waals surface area (Å²) in [5.74, 6) is -0.796. The summed E-state index contributed by atoms with van der Waals surface area (Å²) >= 11 is 1.06. The number of thiazole rings is 1. The smallest absolute Gasteiger partial charge is 0.230 e. The predicted molar refractivity (Wildman–Crippen MR) is 119 cm³/mol. The second-order valence-corrected chi connectivity index (χ2v) is 6.55. The maximum atomic E-state index is 12.5. The highest BCUT2D eigenvalue weighted by Gasteiger charge is 2.08. The Kier molecular flexibility index (Phi) is 3.15. The number of carbonyl (C=O) groups excluding carboxylic acids is 1. The molecule has 0 saturated heterocycles. The highest BCUT2D eigenvalue weighted by atomic mass is 32.1. The zero-order valence-corrected chi connectivity index (χ0v) is 16.1. The Morgan fingerprint density at radius 1 is 1.31 bits per heavy atom. The molecule has 0 radical (unpaired) electrons. The summed E-state index contributed by atoms with van der Waals surface area (Å²) < 4.78 is 124. The van der Waals surface area contributed by atoms with Crippen molar-refractivity contribution < 1.29 is 30.5 Å². The maximum absolute atomic E-state index is 12.5. The van der Waals surface area contributed by atoms with Crippen molar-refractivity contribution in [3.63, 3.8) is 0 Å². The van der Waals surface area contributed by atoms with Crippen molar-refractivity contribution in [3.05, 3.63) is 76.1 Å². The molecule has 1 aromatic heterocycles. The first-order chi connectivity index (χ1) is 19.9. The van der Waals surface area contributed by atoms with Crippen molar-refractivity contribution in [2.45, 2.75) is 45.0 Å². The van der Waals surface area contributed by atoms with Crippen LogP contribution in [0.3, 0.4) is 0 Å². The van der Waals surface area contributed by atoms with Gasteiger partial charge in [-0.1, -0.05) is 48.2 Å². The number of benzene rings is 2. The van der Waals surface area contributed by atoms with Crippen LogP contribution >= 0.6 is 11.3 Å². The summed E-state index contributed by atoms with van der Waals surface area (Å²) in [6.07, 6.45) is -16.2. The number of aliphatic hydroxyl groups is 1. The fourth-order valence-corrected chi connectivity index (χ4v) is 2.59. The Balaban J connectivity index is 2.04. The number of hydrogen-bond donors (Lipinski definition) is 3. The van der Waals surface area contributed by atoms with Gasteiger partial charge >= 0.3 is 0 Å². The molecule has 0 unspecified atom stereocenters. The van der Waals surface area contributed by atoms with Crippen LogP contribution in [-0.4, -0.2) is 16.0 Å². The largest absolute Gasteiger partial charge is 0.388 e. The fourth-order valence-electron chi connectivity index (χ4n) is 2.03. The Hall–Kier alpha value is -2.70. The van der Waals surface area contributed by atoms with E-state index >= 15 is 0 Å². The molecule has 1 amide bonds. The van der Waals surface area contributed by atoms with E-state index in [9.17, 15) is 9.90 Å². The Labute approximate surface area is 196 Å². The molecule has 6 heteroatoms. The SMILES string of the molecule is [2H]c1c([2H])c([C@@]([2H])(O)C([2H])([2H])CC([2H])([2H])C([2H])([2H])c2c([2H])c([2H])c(NC(=O)Cc3csc(N)n3)c([2H])c2[2H])c([2H])c([2H])c1C. The lowest BCUT2D eigenvalue weighted by Gasteiger charge is -2.11. The molecule has 4 N–H and O–H groups in total. The average Bonchev–Trinajstić information content (AvgIpc) is 3.30. The van der Waals surface area contributed by atoms with Gasteiger partial charge in [0.05, 0.1) is 30.5 Å². The molecule has 29 heavy (non-hydrogen) atoms. The van der Waals surface area contributed by atoms with Crippen molar-refractivity contribution >= 4 is 28.1 Å². The van der Waals surface area contributed by atoms with Gasteiger partial charge in [-0.15, -0.1) is 11.3 Å². The molecule has 3 aromatic rings. The van der Waals surface area contributed by atoms with E-state index in [4.69, 9.17) is 26.3 Å². The van der Waals surface area contributed by atoms with Crippen LogP contribution in [0.25, 0.3) is 0 Å². The third-order valence-corrected chi connectivity index (χ3v) is 4.07. The molecule has 1 atom stereocenters. The van der Waals surface area contributed by atoms with E-state index in [1.165, 1.54) is 12.3 Å². The molecule has 0 fully saturated rings. The van der Waals surface area contributed by atoms with Crippen LogP contribution in [0.15, 0.2) is 53.7 Å². The van der Waals surface area contributed by atoms with Gasteiger partial charge in [0, 0.05) is 19.3 Å². The van der Waals surface area contributed by atoms with Crippen molar-refractivity contribution in [1.82, 2.24) is 4.98 Å². The van der Waals surface area contributed by atoms with Gasteiger partial charge in [-0.3, -0.25) is 4.79 Å². The van der Waals surface area contributed by atoms with Gasteiger partial charge in [0.15, 0.2) is 5.13 Å². The summed E-state index contributed by atoms with van der Waals surface area (Å²) in [6, 6.07) is -7.31. The number of nitrogen functional groups attached to an aromatic ring is 1. The lowest BCUT2D eigenvalue weighted by atomic mass is 10.0. The summed E-state index contributed by atoms with van der Waals surface area (Å²) in [7, 11) is 0. The first-order valence-electron chi connectivity index (χ1n) is 15.8. The third-order valence-electron chi connectivity index (χ3n) is 3.35. The number of nitrogens with two attached hydrogens (primary N) is 1. The summed E-state index contributed by atoms with van der Waals surface area (Å²) in [6.45, 7) is 1.24. The normalized spacial score (nSPS) is 21.9. The molecule has 0 saturated carbocycles. The van der Waals surface area contributed by atoms with Crippen LogP contribution in [0.5, 0.6) is 0 Å². The van der Waals surface area contributed by atoms with Crippen LogP contribution in [0.4, 0.5) is 10.8 Å². The van der Waals surface area contributed by atoms with Gasteiger partial charge < -0.3 is 16.2 Å².